The predicted octanol–water partition coefficient (Wildman–Crippen LogP) is -1.82. The van der Waals surface area contributed by atoms with E-state index in [0.717, 1.165) is 17.7 Å². The Morgan fingerprint density at radius 3 is 2.37 bits per heavy atom. The summed E-state index contributed by atoms with van der Waals surface area (Å²) in [4.78, 5) is 50.8. The Morgan fingerprint density at radius 1 is 1.23 bits per heavy atom. The average molecular weight is 497 g/mol. The van der Waals surface area contributed by atoms with Crippen molar-refractivity contribution in [2.45, 2.75) is 31.0 Å². The lowest BCUT2D eigenvalue weighted by molar-refractivity contribution is -0.0985. The molecule has 1 saturated heterocycles. The smallest absolute Gasteiger partial charge is 0.387 e. The molecule has 30 heavy (non-hydrogen) atoms. The third kappa shape index (κ3) is 6.24. The van der Waals surface area contributed by atoms with Gasteiger partial charge in [-0.1, -0.05) is 0 Å². The van der Waals surface area contributed by atoms with E-state index in [1.807, 2.05) is 0 Å². The summed E-state index contributed by atoms with van der Waals surface area (Å²) in [7, 11) is -16.8. The lowest BCUT2D eigenvalue weighted by atomic mass is 9.96. The lowest BCUT2D eigenvalue weighted by Gasteiger charge is -2.27. The van der Waals surface area contributed by atoms with Gasteiger partial charge in [-0.2, -0.15) is 13.6 Å². The maximum atomic E-state index is 11.9. The summed E-state index contributed by atoms with van der Waals surface area (Å²) in [5.41, 5.74) is 2.28. The molecule has 20 heteroatoms. The molecule has 0 aliphatic carbocycles. The van der Waals surface area contributed by atoms with Crippen LogP contribution in [0.3, 0.4) is 0 Å². The van der Waals surface area contributed by atoms with Gasteiger partial charge in [0.1, 0.15) is 23.6 Å². The number of hydrogen-bond acceptors (Lipinski definition) is 12. The van der Waals surface area contributed by atoms with Gasteiger partial charge in [0.25, 0.3) is 0 Å². The number of aliphatic hydroxyl groups excluding tert-OH is 1. The zero-order valence-electron chi connectivity index (χ0n) is 14.9. The van der Waals surface area contributed by atoms with Crippen LogP contribution in [0.5, 0.6) is 0 Å². The standard InChI is InChI=1S/C10H18N3O14P3/c1-10(16)7(14)5(25-8(10)13-3-2-6(11)12-9(13)15)4-24-29(20,21)27-30(22,23)26-28(17,18)19/h2-3,5,7-8,14,16H,4H2,1H3,(H,20,21)(H,22,23)(H2,11,12,15)(H2,17,18,19)/t5-,7?,8-,10?/m1/s1. The Balaban J connectivity index is 2.12. The molecule has 1 aliphatic heterocycles. The monoisotopic (exact) mass is 497 g/mol. The summed E-state index contributed by atoms with van der Waals surface area (Å²) < 4.78 is 51.1. The number of rotatable bonds is 8. The predicted molar refractivity (Wildman–Crippen MR) is 93.3 cm³/mol. The summed E-state index contributed by atoms with van der Waals surface area (Å²) in [6.07, 6.45) is -3.80. The highest BCUT2D eigenvalue weighted by Crippen LogP contribution is 2.66. The van der Waals surface area contributed by atoms with E-state index in [1.54, 1.807) is 0 Å². The molecule has 0 bridgehead atoms. The Kier molecular flexibility index (Phi) is 7.14. The molecule has 0 spiro atoms. The number of aromatic nitrogens is 2. The van der Waals surface area contributed by atoms with Crippen molar-refractivity contribution in [3.8, 4) is 0 Å². The number of phosphoric acid groups is 3. The molecule has 172 valence electrons. The number of nitrogens with two attached hydrogens (primary N) is 1. The zero-order valence-corrected chi connectivity index (χ0v) is 17.5. The molecule has 0 radical (unpaired) electrons. The van der Waals surface area contributed by atoms with Crippen molar-refractivity contribution in [3.63, 3.8) is 0 Å². The quantitative estimate of drug-likeness (QED) is 0.195. The second kappa shape index (κ2) is 8.48. The van der Waals surface area contributed by atoms with Crippen LogP contribution in [-0.4, -0.2) is 63.8 Å². The fourth-order valence-corrected chi connectivity index (χ4v) is 5.48. The number of anilines is 1. The molecule has 17 nitrogen and oxygen atoms in total. The first-order valence-corrected chi connectivity index (χ1v) is 12.1. The van der Waals surface area contributed by atoms with E-state index in [0.29, 0.717) is 0 Å². The number of nitrogens with zero attached hydrogens (tertiary/aromatic N) is 2. The lowest BCUT2D eigenvalue weighted by Crippen LogP contribution is -2.46. The molecular weight excluding hydrogens is 479 g/mol. The first-order chi connectivity index (χ1) is 13.4. The second-order valence-corrected chi connectivity index (χ2v) is 10.5. The molecule has 0 saturated carbocycles. The van der Waals surface area contributed by atoms with Crippen molar-refractivity contribution in [2.24, 2.45) is 0 Å². The molecule has 6 atom stereocenters. The highest BCUT2D eigenvalue weighted by atomic mass is 31.3. The van der Waals surface area contributed by atoms with Crippen LogP contribution in [0.2, 0.25) is 0 Å². The van der Waals surface area contributed by atoms with Crippen molar-refractivity contribution >= 4 is 29.3 Å². The van der Waals surface area contributed by atoms with Gasteiger partial charge in [0.2, 0.25) is 0 Å². The molecule has 1 aromatic heterocycles. The minimum absolute atomic E-state index is 0.126. The number of nitrogen functional groups attached to an aromatic ring is 1. The van der Waals surface area contributed by atoms with Gasteiger partial charge in [0, 0.05) is 6.20 Å². The molecule has 1 aromatic rings. The molecule has 4 unspecified atom stereocenters. The van der Waals surface area contributed by atoms with Gasteiger partial charge in [-0.3, -0.25) is 9.09 Å². The molecule has 1 aliphatic rings. The zero-order chi connectivity index (χ0) is 23.1. The van der Waals surface area contributed by atoms with E-state index in [1.165, 1.54) is 6.07 Å². The fraction of sp³-hybridized carbons (Fsp3) is 0.600. The molecule has 2 heterocycles. The van der Waals surface area contributed by atoms with E-state index in [2.05, 4.69) is 18.1 Å². The minimum Gasteiger partial charge on any atom is -0.387 e. The Hall–Kier alpha value is -1.03. The molecule has 1 fully saturated rings. The molecule has 2 rings (SSSR count). The Bertz CT molecular complexity index is 990. The van der Waals surface area contributed by atoms with E-state index < -0.39 is 59.8 Å². The Morgan fingerprint density at radius 2 is 1.83 bits per heavy atom. The van der Waals surface area contributed by atoms with Crippen LogP contribution in [0.1, 0.15) is 13.2 Å². The first-order valence-electron chi connectivity index (χ1n) is 7.62. The van der Waals surface area contributed by atoms with E-state index in [9.17, 15) is 33.6 Å². The number of ether oxygens (including phenoxy) is 1. The normalized spacial score (nSPS) is 31.2. The fourth-order valence-electron chi connectivity index (χ4n) is 2.45. The summed E-state index contributed by atoms with van der Waals surface area (Å²) in [6, 6.07) is 1.20. The second-order valence-electron chi connectivity index (χ2n) is 6.13. The summed E-state index contributed by atoms with van der Waals surface area (Å²) in [5, 5.41) is 20.7. The summed E-state index contributed by atoms with van der Waals surface area (Å²) in [6.45, 7) is 0.0462. The van der Waals surface area contributed by atoms with Gasteiger partial charge in [0.05, 0.1) is 6.61 Å². The molecule has 0 aromatic carbocycles. The Labute approximate surface area is 167 Å². The van der Waals surface area contributed by atoms with Gasteiger partial charge in [-0.25, -0.2) is 18.5 Å². The third-order valence-electron chi connectivity index (χ3n) is 3.68. The maximum absolute atomic E-state index is 11.9. The third-order valence-corrected chi connectivity index (χ3v) is 7.48. The SMILES string of the molecule is CC1(O)C(O)[C@@H](COP(=O)(O)OP(=O)(O)OP(=O)(O)O)O[C@H]1n1ccc(N)nc1=O. The van der Waals surface area contributed by atoms with E-state index in [-0.39, 0.29) is 5.82 Å². The number of hydrogen-bond donors (Lipinski definition) is 7. The molecule has 8 N–H and O–H groups in total. The number of aliphatic hydroxyl groups is 2. The topological polar surface area (TPSA) is 270 Å². The molecule has 0 amide bonds. The van der Waals surface area contributed by atoms with Crippen molar-refractivity contribution in [2.75, 3.05) is 12.3 Å². The van der Waals surface area contributed by atoms with Crippen LogP contribution in [0.25, 0.3) is 0 Å². The van der Waals surface area contributed by atoms with Gasteiger partial charge in [-0.05, 0) is 13.0 Å². The van der Waals surface area contributed by atoms with Gasteiger partial charge >= 0.3 is 29.2 Å². The van der Waals surface area contributed by atoms with Gasteiger partial charge < -0.3 is 40.3 Å². The van der Waals surface area contributed by atoms with Crippen molar-refractivity contribution in [1.29, 1.82) is 0 Å². The maximum Gasteiger partial charge on any atom is 0.490 e. The summed E-state index contributed by atoms with van der Waals surface area (Å²) in [5.74, 6) is -0.126. The van der Waals surface area contributed by atoms with Crippen LogP contribution in [0, 0.1) is 0 Å². The summed E-state index contributed by atoms with van der Waals surface area (Å²) >= 11 is 0. The van der Waals surface area contributed by atoms with Gasteiger partial charge in [0.15, 0.2) is 6.23 Å². The van der Waals surface area contributed by atoms with Crippen LogP contribution in [0.4, 0.5) is 5.82 Å². The van der Waals surface area contributed by atoms with Crippen molar-refractivity contribution in [3.05, 3.63) is 22.7 Å². The highest BCUT2D eigenvalue weighted by molar-refractivity contribution is 7.66. The van der Waals surface area contributed by atoms with Crippen molar-refractivity contribution < 1.29 is 61.4 Å². The number of phosphoric ester groups is 1. The van der Waals surface area contributed by atoms with E-state index in [4.69, 9.17) is 25.2 Å². The van der Waals surface area contributed by atoms with Crippen LogP contribution < -0.4 is 11.4 Å². The van der Waals surface area contributed by atoms with Crippen LogP contribution in [-0.2, 0) is 31.6 Å². The minimum atomic E-state index is -5.73. The van der Waals surface area contributed by atoms with Crippen LogP contribution >= 0.6 is 23.5 Å². The van der Waals surface area contributed by atoms with E-state index >= 15 is 0 Å². The van der Waals surface area contributed by atoms with Crippen molar-refractivity contribution in [1.82, 2.24) is 9.55 Å². The molecular formula is C10H18N3O14P3. The highest BCUT2D eigenvalue weighted by Gasteiger charge is 2.54. The average Bonchev–Trinajstić information content (AvgIpc) is 2.73. The first kappa shape index (κ1) is 25.2. The van der Waals surface area contributed by atoms with Crippen LogP contribution in [0.15, 0.2) is 17.1 Å². The van der Waals surface area contributed by atoms with Gasteiger partial charge in [-0.15, -0.1) is 0 Å². The largest absolute Gasteiger partial charge is 0.490 e.